The number of carboxylic acids is 1. The molecule has 2 rings (SSSR count). The van der Waals surface area contributed by atoms with Gasteiger partial charge in [-0.05, 0) is 0 Å². The zero-order chi connectivity index (χ0) is 9.97. The molecule has 4 nitrogen and oxygen atoms in total. The summed E-state index contributed by atoms with van der Waals surface area (Å²) in [6, 6.07) is 9.29. The number of nitrogens with zero attached hydrogens (tertiary/aromatic N) is 1. The third kappa shape index (κ3) is 1.50. The molecule has 0 unspecified atom stereocenters. The molecular formula is C10H7N2O2-. The number of carbonyl (C=O) groups is 1. The maximum Gasteiger partial charge on any atom is 0.137 e. The lowest BCUT2D eigenvalue weighted by atomic mass is 10.2. The van der Waals surface area contributed by atoms with E-state index in [4.69, 9.17) is 0 Å². The fraction of sp³-hybridized carbons (Fsp3) is 0. The summed E-state index contributed by atoms with van der Waals surface area (Å²) in [5.74, 6) is -0.718. The first-order valence-corrected chi connectivity index (χ1v) is 4.09. The largest absolute Gasteiger partial charge is 0.543 e. The van der Waals surface area contributed by atoms with E-state index >= 15 is 0 Å². The van der Waals surface area contributed by atoms with Crippen molar-refractivity contribution in [3.63, 3.8) is 0 Å². The van der Waals surface area contributed by atoms with Gasteiger partial charge in [0.15, 0.2) is 0 Å². The molecule has 70 valence electrons. The molecule has 0 atom stereocenters. The molecule has 4 heteroatoms. The van der Waals surface area contributed by atoms with Gasteiger partial charge in [-0.3, -0.25) is 0 Å². The third-order valence-electron chi connectivity index (χ3n) is 1.84. The van der Waals surface area contributed by atoms with Gasteiger partial charge < -0.3 is 14.9 Å². The lowest BCUT2D eigenvalue weighted by Crippen LogP contribution is -2.22. The van der Waals surface area contributed by atoms with E-state index in [1.54, 1.807) is 0 Å². The van der Waals surface area contributed by atoms with Crippen LogP contribution in [0.3, 0.4) is 0 Å². The molecule has 0 bridgehead atoms. The molecule has 0 radical (unpaired) electrons. The zero-order valence-electron chi connectivity index (χ0n) is 7.23. The molecule has 14 heavy (non-hydrogen) atoms. The fourth-order valence-corrected chi connectivity index (χ4v) is 1.17. The molecule has 2 aromatic rings. The van der Waals surface area contributed by atoms with E-state index in [-0.39, 0.29) is 5.69 Å². The molecule has 1 aromatic carbocycles. The van der Waals surface area contributed by atoms with Crippen LogP contribution >= 0.6 is 0 Å². The van der Waals surface area contributed by atoms with E-state index in [1.165, 1.54) is 6.20 Å². The fourth-order valence-electron chi connectivity index (χ4n) is 1.17. The average molecular weight is 187 g/mol. The van der Waals surface area contributed by atoms with Gasteiger partial charge in [-0.1, -0.05) is 30.3 Å². The molecule has 0 saturated carbocycles. The highest BCUT2D eigenvalue weighted by atomic mass is 16.4. The zero-order valence-corrected chi connectivity index (χ0v) is 7.23. The molecule has 0 spiro atoms. The van der Waals surface area contributed by atoms with Gasteiger partial charge in [0.25, 0.3) is 0 Å². The van der Waals surface area contributed by atoms with Crippen molar-refractivity contribution in [1.29, 1.82) is 0 Å². The summed E-state index contributed by atoms with van der Waals surface area (Å²) < 4.78 is 0. The Morgan fingerprint density at radius 3 is 2.57 bits per heavy atom. The minimum absolute atomic E-state index is 0.0103. The smallest absolute Gasteiger partial charge is 0.137 e. The topological polar surface area (TPSA) is 68.8 Å². The third-order valence-corrected chi connectivity index (χ3v) is 1.84. The van der Waals surface area contributed by atoms with Crippen molar-refractivity contribution in [2.24, 2.45) is 0 Å². The Hall–Kier alpha value is -2.10. The van der Waals surface area contributed by atoms with Crippen LogP contribution in [0, 0.1) is 0 Å². The number of rotatable bonds is 2. The maximum atomic E-state index is 10.5. The van der Waals surface area contributed by atoms with Crippen molar-refractivity contribution < 1.29 is 9.90 Å². The number of aromatic nitrogens is 2. The predicted octanol–water partition coefficient (Wildman–Crippen LogP) is 0.440. The number of carbonyl (C=O) groups excluding carboxylic acids is 1. The van der Waals surface area contributed by atoms with Gasteiger partial charge in [-0.2, -0.15) is 0 Å². The summed E-state index contributed by atoms with van der Waals surface area (Å²) in [7, 11) is 0. The number of carboxylic acid groups (broad SMARTS) is 1. The molecule has 1 aromatic heterocycles. The molecule has 1 N–H and O–H groups in total. The van der Waals surface area contributed by atoms with Crippen LogP contribution in [0.2, 0.25) is 0 Å². The van der Waals surface area contributed by atoms with Crippen LogP contribution in [0.5, 0.6) is 0 Å². The number of benzene rings is 1. The molecule has 0 aliphatic heterocycles. The number of imidazole rings is 1. The minimum Gasteiger partial charge on any atom is -0.543 e. The van der Waals surface area contributed by atoms with Crippen molar-refractivity contribution in [1.82, 2.24) is 9.97 Å². The summed E-state index contributed by atoms with van der Waals surface area (Å²) in [5, 5.41) is 10.5. The van der Waals surface area contributed by atoms with Crippen LogP contribution in [0.4, 0.5) is 0 Å². The average Bonchev–Trinajstić information content (AvgIpc) is 2.68. The maximum absolute atomic E-state index is 10.5. The molecular weight excluding hydrogens is 180 g/mol. The van der Waals surface area contributed by atoms with E-state index in [0.717, 1.165) is 5.56 Å². The van der Waals surface area contributed by atoms with Gasteiger partial charge >= 0.3 is 0 Å². The molecule has 0 saturated heterocycles. The van der Waals surface area contributed by atoms with E-state index in [2.05, 4.69) is 9.97 Å². The van der Waals surface area contributed by atoms with Crippen molar-refractivity contribution in [2.75, 3.05) is 0 Å². The molecule has 0 aliphatic carbocycles. The Kier molecular flexibility index (Phi) is 2.02. The second-order valence-corrected chi connectivity index (χ2v) is 2.80. The van der Waals surface area contributed by atoms with E-state index in [1.807, 2.05) is 30.3 Å². The lowest BCUT2D eigenvalue weighted by Gasteiger charge is -1.96. The highest BCUT2D eigenvalue weighted by Gasteiger charge is 2.02. The van der Waals surface area contributed by atoms with Gasteiger partial charge in [0.2, 0.25) is 0 Å². The Morgan fingerprint density at radius 2 is 2.00 bits per heavy atom. The number of aromatic amines is 1. The van der Waals surface area contributed by atoms with Crippen molar-refractivity contribution >= 4 is 5.97 Å². The summed E-state index contributed by atoms with van der Waals surface area (Å²) in [5.41, 5.74) is 0.837. The van der Waals surface area contributed by atoms with Crippen molar-refractivity contribution in [3.05, 3.63) is 42.2 Å². The Morgan fingerprint density at radius 1 is 1.29 bits per heavy atom. The standard InChI is InChI=1S/C10H8N2O2/c13-10(14)8-6-11-9(12-8)7-4-2-1-3-5-7/h1-6H,(H,11,12)(H,13,14)/p-1. The Bertz CT molecular complexity index is 448. The van der Waals surface area contributed by atoms with Crippen LogP contribution in [-0.4, -0.2) is 15.9 Å². The second-order valence-electron chi connectivity index (χ2n) is 2.80. The van der Waals surface area contributed by atoms with E-state index in [0.29, 0.717) is 5.82 Å². The van der Waals surface area contributed by atoms with Gasteiger partial charge in [-0.25, -0.2) is 4.98 Å². The van der Waals surface area contributed by atoms with Crippen LogP contribution in [0.25, 0.3) is 11.4 Å². The number of nitrogens with one attached hydrogen (secondary N) is 1. The van der Waals surface area contributed by atoms with Crippen LogP contribution in [0.1, 0.15) is 10.5 Å². The van der Waals surface area contributed by atoms with E-state index in [9.17, 15) is 9.90 Å². The minimum atomic E-state index is -1.25. The second kappa shape index (κ2) is 3.33. The summed E-state index contributed by atoms with van der Waals surface area (Å²) in [6.07, 6.45) is 1.25. The van der Waals surface area contributed by atoms with Crippen LogP contribution < -0.4 is 5.11 Å². The summed E-state index contributed by atoms with van der Waals surface area (Å²) >= 11 is 0. The molecule has 0 aliphatic rings. The Labute approximate surface area is 80.2 Å². The van der Waals surface area contributed by atoms with Crippen molar-refractivity contribution in [2.45, 2.75) is 0 Å². The van der Waals surface area contributed by atoms with Gasteiger partial charge in [0, 0.05) is 5.56 Å². The van der Waals surface area contributed by atoms with Gasteiger partial charge in [0.05, 0.1) is 17.9 Å². The quantitative estimate of drug-likeness (QED) is 0.741. The predicted molar refractivity (Wildman–Crippen MR) is 48.4 cm³/mol. The SMILES string of the molecule is O=C([O-])c1cnc(-c2ccccc2)[nH]1. The Balaban J connectivity index is 2.39. The van der Waals surface area contributed by atoms with Crippen LogP contribution in [-0.2, 0) is 0 Å². The van der Waals surface area contributed by atoms with Crippen LogP contribution in [0.15, 0.2) is 36.5 Å². The number of H-pyrrole nitrogens is 1. The normalized spacial score (nSPS) is 10.0. The summed E-state index contributed by atoms with van der Waals surface area (Å²) in [6.45, 7) is 0. The first kappa shape index (κ1) is 8.50. The highest BCUT2D eigenvalue weighted by molar-refractivity contribution is 5.84. The number of hydrogen-bond donors (Lipinski definition) is 1. The monoisotopic (exact) mass is 187 g/mol. The van der Waals surface area contributed by atoms with E-state index < -0.39 is 5.97 Å². The molecule has 0 fully saturated rings. The lowest BCUT2D eigenvalue weighted by molar-refractivity contribution is -0.255. The molecule has 0 amide bonds. The summed E-state index contributed by atoms with van der Waals surface area (Å²) in [4.78, 5) is 17.1. The van der Waals surface area contributed by atoms with Gasteiger partial charge in [0.1, 0.15) is 5.82 Å². The van der Waals surface area contributed by atoms with Crippen molar-refractivity contribution in [3.8, 4) is 11.4 Å². The highest BCUT2D eigenvalue weighted by Crippen LogP contribution is 2.14. The van der Waals surface area contributed by atoms with Gasteiger partial charge in [-0.15, -0.1) is 0 Å². The molecule has 1 heterocycles. The first-order chi connectivity index (χ1) is 6.77. The number of hydrogen-bond acceptors (Lipinski definition) is 3. The first-order valence-electron chi connectivity index (χ1n) is 4.09. The number of aromatic carboxylic acids is 1.